The first kappa shape index (κ1) is 15.8. The summed E-state index contributed by atoms with van der Waals surface area (Å²) in [6.45, 7) is 0. The van der Waals surface area contributed by atoms with Gasteiger partial charge in [0.25, 0.3) is 5.91 Å². The van der Waals surface area contributed by atoms with Crippen LogP contribution in [-0.2, 0) is 11.0 Å². The first-order valence-corrected chi connectivity index (χ1v) is 8.62. The van der Waals surface area contributed by atoms with Crippen LogP contribution in [-0.4, -0.2) is 29.0 Å². The summed E-state index contributed by atoms with van der Waals surface area (Å²) in [7, 11) is -0.143. The van der Waals surface area contributed by atoms with Crippen molar-refractivity contribution in [1.82, 2.24) is 0 Å². The predicted octanol–water partition coefficient (Wildman–Crippen LogP) is 4.05. The molecule has 0 aliphatic carbocycles. The molecule has 0 saturated carbocycles. The van der Waals surface area contributed by atoms with E-state index in [1.165, 1.54) is 0 Å². The Labute approximate surface area is 136 Å². The van der Waals surface area contributed by atoms with Crippen LogP contribution in [0.15, 0.2) is 17.2 Å². The van der Waals surface area contributed by atoms with Gasteiger partial charge >= 0.3 is 6.18 Å². The van der Waals surface area contributed by atoms with Crippen LogP contribution in [0.4, 0.5) is 18.9 Å². The van der Waals surface area contributed by atoms with E-state index >= 15 is 0 Å². The summed E-state index contributed by atoms with van der Waals surface area (Å²) < 4.78 is 38.2. The van der Waals surface area contributed by atoms with Crippen molar-refractivity contribution in [2.24, 2.45) is 11.0 Å². The average molecular weight is 369 g/mol. The third kappa shape index (κ3) is 2.55. The molecule has 0 N–H and O–H groups in total. The Balaban J connectivity index is 2.04. The highest BCUT2D eigenvalue weighted by molar-refractivity contribution is 8.15. The lowest BCUT2D eigenvalue weighted by Gasteiger charge is -2.18. The molecule has 9 heteroatoms. The van der Waals surface area contributed by atoms with Gasteiger partial charge < -0.3 is 0 Å². The van der Waals surface area contributed by atoms with E-state index in [9.17, 15) is 18.0 Å². The molecule has 2 unspecified atom stereocenters. The quantitative estimate of drug-likeness (QED) is 0.688. The molecule has 22 heavy (non-hydrogen) atoms. The minimum atomic E-state index is -4.56. The normalized spacial score (nSPS) is 24.7. The standard InChI is InChI=1S/C13H9Cl2F3N2OS/c1-22-4-7-10(5-22)19-20(12(7)21)11-8(14)2-6(3-9(11)15)13(16,17)18/h2-3,7H,1,4-5H2. The van der Waals surface area contributed by atoms with Crippen LogP contribution in [0.1, 0.15) is 5.56 Å². The third-order valence-electron chi connectivity index (χ3n) is 3.45. The van der Waals surface area contributed by atoms with Crippen LogP contribution < -0.4 is 5.01 Å². The van der Waals surface area contributed by atoms with E-state index in [0.717, 1.165) is 17.1 Å². The van der Waals surface area contributed by atoms with Gasteiger partial charge in [-0.05, 0) is 12.1 Å². The number of halogens is 5. The molecule has 2 aliphatic rings. The molecule has 0 spiro atoms. The molecule has 1 fully saturated rings. The summed E-state index contributed by atoms with van der Waals surface area (Å²) >= 11 is 11.8. The van der Waals surface area contributed by atoms with Crippen molar-refractivity contribution in [3.8, 4) is 0 Å². The van der Waals surface area contributed by atoms with Gasteiger partial charge in [-0.3, -0.25) is 4.79 Å². The van der Waals surface area contributed by atoms with Gasteiger partial charge in [-0.2, -0.15) is 33.8 Å². The Morgan fingerprint density at radius 3 is 2.41 bits per heavy atom. The number of carbonyl (C=O) groups excluding carboxylic acids is 1. The molecule has 2 heterocycles. The third-order valence-corrected chi connectivity index (χ3v) is 5.53. The monoisotopic (exact) mass is 368 g/mol. The summed E-state index contributed by atoms with van der Waals surface area (Å²) in [4.78, 5) is 12.4. The number of anilines is 1. The van der Waals surface area contributed by atoms with Crippen LogP contribution in [0.3, 0.4) is 0 Å². The Morgan fingerprint density at radius 1 is 1.32 bits per heavy atom. The predicted molar refractivity (Wildman–Crippen MR) is 84.3 cm³/mol. The number of alkyl halides is 3. The zero-order valence-corrected chi connectivity index (χ0v) is 13.3. The van der Waals surface area contributed by atoms with E-state index in [2.05, 4.69) is 11.0 Å². The molecule has 0 aromatic heterocycles. The molecule has 118 valence electrons. The lowest BCUT2D eigenvalue weighted by Crippen LogP contribution is -2.27. The summed E-state index contributed by atoms with van der Waals surface area (Å²) in [5, 5.41) is 4.68. The average Bonchev–Trinajstić information content (AvgIpc) is 2.87. The van der Waals surface area contributed by atoms with Crippen molar-refractivity contribution < 1.29 is 18.0 Å². The number of rotatable bonds is 1. The topological polar surface area (TPSA) is 32.7 Å². The van der Waals surface area contributed by atoms with E-state index in [1.807, 2.05) is 0 Å². The summed E-state index contributed by atoms with van der Waals surface area (Å²) in [5.74, 6) is 4.45. The van der Waals surface area contributed by atoms with Crippen LogP contribution in [0, 0.1) is 5.92 Å². The summed E-state index contributed by atoms with van der Waals surface area (Å²) in [6.07, 6.45) is -4.56. The zero-order chi connectivity index (χ0) is 16.2. The molecule has 3 rings (SSSR count). The van der Waals surface area contributed by atoms with Gasteiger partial charge in [0.05, 0.1) is 27.2 Å². The van der Waals surface area contributed by atoms with Crippen molar-refractivity contribution in [2.75, 3.05) is 16.5 Å². The molecular weight excluding hydrogens is 360 g/mol. The number of hydrogen-bond acceptors (Lipinski definition) is 2. The second-order valence-corrected chi connectivity index (χ2v) is 7.66. The lowest BCUT2D eigenvalue weighted by molar-refractivity contribution is -0.137. The van der Waals surface area contributed by atoms with E-state index in [1.54, 1.807) is 0 Å². The molecule has 1 aromatic rings. The SMILES string of the molecule is C=S1CC2=NN(c3c(Cl)cc(C(F)(F)F)cc3Cl)C(=O)C2C1. The van der Waals surface area contributed by atoms with Gasteiger partial charge in [0.15, 0.2) is 0 Å². The van der Waals surface area contributed by atoms with Crippen molar-refractivity contribution in [2.45, 2.75) is 6.18 Å². The second kappa shape index (κ2) is 5.25. The largest absolute Gasteiger partial charge is 0.416 e. The van der Waals surface area contributed by atoms with E-state index in [4.69, 9.17) is 23.2 Å². The molecule has 1 saturated heterocycles. The Morgan fingerprint density at radius 2 is 1.91 bits per heavy atom. The van der Waals surface area contributed by atoms with Crippen molar-refractivity contribution in [3.05, 3.63) is 27.7 Å². The highest BCUT2D eigenvalue weighted by atomic mass is 35.5. The van der Waals surface area contributed by atoms with Crippen molar-refractivity contribution in [1.29, 1.82) is 0 Å². The van der Waals surface area contributed by atoms with E-state index in [0.29, 0.717) is 17.2 Å². The Hall–Kier alpha value is -1.05. The van der Waals surface area contributed by atoms with Gasteiger partial charge in [0.1, 0.15) is 5.69 Å². The van der Waals surface area contributed by atoms with E-state index < -0.39 is 11.7 Å². The molecule has 1 amide bonds. The van der Waals surface area contributed by atoms with Gasteiger partial charge in [0, 0.05) is 11.5 Å². The number of fused-ring (bicyclic) bond motifs is 1. The first-order chi connectivity index (χ1) is 10.2. The molecule has 3 nitrogen and oxygen atoms in total. The second-order valence-electron chi connectivity index (χ2n) is 5.00. The lowest BCUT2D eigenvalue weighted by atomic mass is 10.1. The maximum absolute atomic E-state index is 12.7. The molecule has 0 bridgehead atoms. The summed E-state index contributed by atoms with van der Waals surface area (Å²) in [5.41, 5.74) is -0.285. The van der Waals surface area contributed by atoms with Gasteiger partial charge in [-0.25, -0.2) is 0 Å². The molecular formula is C13H9Cl2F3N2OS. The maximum Gasteiger partial charge on any atom is 0.416 e. The first-order valence-electron chi connectivity index (χ1n) is 6.13. The van der Waals surface area contributed by atoms with Crippen LogP contribution >= 0.6 is 33.7 Å². The fourth-order valence-corrected chi connectivity index (χ4v) is 4.68. The van der Waals surface area contributed by atoms with Crippen molar-refractivity contribution in [3.63, 3.8) is 0 Å². The van der Waals surface area contributed by atoms with Gasteiger partial charge in [0.2, 0.25) is 0 Å². The van der Waals surface area contributed by atoms with Crippen molar-refractivity contribution >= 4 is 56.9 Å². The maximum atomic E-state index is 12.7. The number of hydrogen-bond donors (Lipinski definition) is 0. The van der Waals surface area contributed by atoms with Crippen LogP contribution in [0.2, 0.25) is 10.0 Å². The number of nitrogens with zero attached hydrogens (tertiary/aromatic N) is 2. The van der Waals surface area contributed by atoms with Crippen LogP contribution in [0.5, 0.6) is 0 Å². The summed E-state index contributed by atoms with van der Waals surface area (Å²) in [6, 6.07) is 1.49. The Kier molecular flexibility index (Phi) is 3.78. The minimum absolute atomic E-state index is 0.00724. The smallest absolute Gasteiger partial charge is 0.272 e. The highest BCUT2D eigenvalue weighted by Gasteiger charge is 2.42. The molecule has 1 aromatic carbocycles. The van der Waals surface area contributed by atoms with Gasteiger partial charge in [-0.15, -0.1) is 0 Å². The number of benzene rings is 1. The zero-order valence-electron chi connectivity index (χ0n) is 11.0. The number of amides is 1. The number of carbonyl (C=O) groups is 1. The molecule has 2 aliphatic heterocycles. The molecule has 0 radical (unpaired) electrons. The number of hydrazone groups is 1. The molecule has 2 atom stereocenters. The van der Waals surface area contributed by atoms with E-state index in [-0.39, 0.29) is 38.0 Å². The fraction of sp³-hybridized carbons (Fsp3) is 0.308. The highest BCUT2D eigenvalue weighted by Crippen LogP contribution is 2.43. The minimum Gasteiger partial charge on any atom is -0.272 e. The fourth-order valence-electron chi connectivity index (χ4n) is 2.43. The van der Waals surface area contributed by atoms with Crippen LogP contribution in [0.25, 0.3) is 0 Å². The van der Waals surface area contributed by atoms with Gasteiger partial charge in [-0.1, -0.05) is 29.1 Å². The Bertz CT molecular complexity index is 709.